The predicted octanol–water partition coefficient (Wildman–Crippen LogP) is 4.37. The van der Waals surface area contributed by atoms with E-state index >= 15 is 0 Å². The Bertz CT molecular complexity index is 356. The topological polar surface area (TPSA) is 12.0 Å². The Balaban J connectivity index is 2.75. The maximum Gasteiger partial charge on any atom is 0.127 e. The Morgan fingerprint density at radius 3 is 2.47 bits per heavy atom. The van der Waals surface area contributed by atoms with Crippen molar-refractivity contribution in [2.45, 2.75) is 38.8 Å². The Labute approximate surface area is 112 Å². The van der Waals surface area contributed by atoms with Gasteiger partial charge in [0.15, 0.2) is 0 Å². The van der Waals surface area contributed by atoms with Gasteiger partial charge in [0.05, 0.1) is 0 Å². The summed E-state index contributed by atoms with van der Waals surface area (Å²) in [5.41, 5.74) is 0.449. The maximum absolute atomic E-state index is 13.5. The van der Waals surface area contributed by atoms with Gasteiger partial charge in [-0.15, -0.1) is 11.6 Å². The van der Waals surface area contributed by atoms with Crippen LogP contribution in [0.5, 0.6) is 0 Å². The van der Waals surface area contributed by atoms with Crippen LogP contribution in [-0.4, -0.2) is 11.4 Å². The summed E-state index contributed by atoms with van der Waals surface area (Å²) >= 11 is 11.8. The lowest BCUT2D eigenvalue weighted by Gasteiger charge is -2.31. The molecule has 1 aromatic rings. The fourth-order valence-corrected chi connectivity index (χ4v) is 2.36. The fraction of sp³-hybridized carbons (Fsp3) is 0.538. The average Bonchev–Trinajstić information content (AvgIpc) is 2.35. The van der Waals surface area contributed by atoms with Gasteiger partial charge in [-0.25, -0.2) is 4.39 Å². The molecule has 0 amide bonds. The van der Waals surface area contributed by atoms with E-state index in [9.17, 15) is 4.39 Å². The monoisotopic (exact) mass is 277 g/mol. The Morgan fingerprint density at radius 2 is 1.94 bits per heavy atom. The van der Waals surface area contributed by atoms with Crippen LogP contribution in [0.2, 0.25) is 5.02 Å². The first-order valence-electron chi connectivity index (χ1n) is 5.82. The number of rotatable bonds is 6. The molecule has 96 valence electrons. The van der Waals surface area contributed by atoms with Gasteiger partial charge in [-0.2, -0.15) is 0 Å². The molecule has 0 unspecified atom stereocenters. The quantitative estimate of drug-likeness (QED) is 0.762. The molecule has 0 saturated carbocycles. The zero-order chi connectivity index (χ0) is 12.9. The van der Waals surface area contributed by atoms with E-state index in [4.69, 9.17) is 23.2 Å². The number of alkyl halides is 1. The molecule has 0 aliphatic carbocycles. The van der Waals surface area contributed by atoms with Crippen molar-refractivity contribution in [2.75, 3.05) is 5.88 Å². The number of nitrogens with one attached hydrogen (secondary N) is 1. The van der Waals surface area contributed by atoms with E-state index in [0.717, 1.165) is 12.8 Å². The summed E-state index contributed by atoms with van der Waals surface area (Å²) in [4.78, 5) is 0. The first-order valence-corrected chi connectivity index (χ1v) is 6.73. The molecule has 0 fully saturated rings. The van der Waals surface area contributed by atoms with Crippen molar-refractivity contribution in [2.24, 2.45) is 0 Å². The highest BCUT2D eigenvalue weighted by Crippen LogP contribution is 2.20. The summed E-state index contributed by atoms with van der Waals surface area (Å²) in [6.45, 7) is 4.60. The van der Waals surface area contributed by atoms with Gasteiger partial charge in [0.25, 0.3) is 0 Å². The highest BCUT2D eigenvalue weighted by atomic mass is 35.5. The molecule has 1 nitrogen and oxygen atoms in total. The van der Waals surface area contributed by atoms with Gasteiger partial charge >= 0.3 is 0 Å². The summed E-state index contributed by atoms with van der Waals surface area (Å²) in [5.74, 6) is 0.278. The van der Waals surface area contributed by atoms with E-state index in [1.165, 1.54) is 6.07 Å². The molecule has 0 aliphatic heterocycles. The van der Waals surface area contributed by atoms with Crippen LogP contribution in [-0.2, 0) is 6.54 Å². The molecule has 17 heavy (non-hydrogen) atoms. The summed E-state index contributed by atoms with van der Waals surface area (Å²) < 4.78 is 13.5. The van der Waals surface area contributed by atoms with E-state index < -0.39 is 0 Å². The maximum atomic E-state index is 13.5. The second-order valence-electron chi connectivity index (χ2n) is 4.21. The number of hydrogen-bond acceptors (Lipinski definition) is 1. The van der Waals surface area contributed by atoms with Gasteiger partial charge in [0.2, 0.25) is 0 Å². The number of halogens is 3. The summed E-state index contributed by atoms with van der Waals surface area (Å²) in [7, 11) is 0. The van der Waals surface area contributed by atoms with Crippen molar-refractivity contribution in [3.05, 3.63) is 34.6 Å². The third-order valence-corrected chi connectivity index (χ3v) is 4.02. The lowest BCUT2D eigenvalue weighted by atomic mass is 9.95. The molecule has 1 rings (SSSR count). The summed E-state index contributed by atoms with van der Waals surface area (Å²) in [6, 6.07) is 4.59. The molecule has 0 atom stereocenters. The van der Waals surface area contributed by atoms with Crippen molar-refractivity contribution < 1.29 is 4.39 Å². The number of hydrogen-bond donors (Lipinski definition) is 1. The molecule has 1 aromatic carbocycles. The van der Waals surface area contributed by atoms with E-state index in [1.807, 2.05) is 0 Å². The molecule has 0 heterocycles. The van der Waals surface area contributed by atoms with Crippen molar-refractivity contribution in [1.29, 1.82) is 0 Å². The van der Waals surface area contributed by atoms with Crippen LogP contribution in [0.15, 0.2) is 18.2 Å². The molecule has 0 radical (unpaired) electrons. The smallest absolute Gasteiger partial charge is 0.127 e. The highest BCUT2D eigenvalue weighted by molar-refractivity contribution is 6.30. The molecular formula is C13H18Cl2FN. The lowest BCUT2D eigenvalue weighted by Crippen LogP contribution is -2.45. The van der Waals surface area contributed by atoms with Crippen LogP contribution in [0.25, 0.3) is 0 Å². The second-order valence-corrected chi connectivity index (χ2v) is 4.91. The van der Waals surface area contributed by atoms with Gasteiger partial charge in [-0.3, -0.25) is 0 Å². The molecule has 0 spiro atoms. The average molecular weight is 278 g/mol. The molecular weight excluding hydrogens is 260 g/mol. The first-order chi connectivity index (χ1) is 8.06. The fourth-order valence-electron chi connectivity index (χ4n) is 1.70. The minimum Gasteiger partial charge on any atom is -0.306 e. The van der Waals surface area contributed by atoms with Gasteiger partial charge in [-0.05, 0) is 31.0 Å². The van der Waals surface area contributed by atoms with Crippen LogP contribution in [0.1, 0.15) is 32.3 Å². The highest BCUT2D eigenvalue weighted by Gasteiger charge is 2.24. The van der Waals surface area contributed by atoms with E-state index in [0.29, 0.717) is 23.0 Å². The Kier molecular flexibility index (Phi) is 5.71. The molecule has 1 N–H and O–H groups in total. The minimum absolute atomic E-state index is 0.129. The molecule has 4 heteroatoms. The van der Waals surface area contributed by atoms with Crippen LogP contribution < -0.4 is 5.32 Å². The van der Waals surface area contributed by atoms with Gasteiger partial charge < -0.3 is 5.32 Å². The van der Waals surface area contributed by atoms with Crippen molar-refractivity contribution in [3.63, 3.8) is 0 Å². The van der Waals surface area contributed by atoms with Crippen LogP contribution in [0.4, 0.5) is 4.39 Å². The standard InChI is InChI=1S/C13H18Cl2FN/c1-3-13(4-2,9-14)17-8-10-7-11(15)5-6-12(10)16/h5-7,17H,3-4,8-9H2,1-2H3. The van der Waals surface area contributed by atoms with Crippen molar-refractivity contribution >= 4 is 23.2 Å². The summed E-state index contributed by atoms with van der Waals surface area (Å²) in [6.07, 6.45) is 1.82. The largest absolute Gasteiger partial charge is 0.306 e. The van der Waals surface area contributed by atoms with Gasteiger partial charge in [-0.1, -0.05) is 25.4 Å². The van der Waals surface area contributed by atoms with Crippen LogP contribution >= 0.6 is 23.2 Å². The van der Waals surface area contributed by atoms with Gasteiger partial charge in [0, 0.05) is 28.5 Å². The molecule has 0 saturated heterocycles. The molecule has 0 aromatic heterocycles. The lowest BCUT2D eigenvalue weighted by molar-refractivity contribution is 0.332. The zero-order valence-corrected chi connectivity index (χ0v) is 11.7. The van der Waals surface area contributed by atoms with Gasteiger partial charge in [0.1, 0.15) is 5.82 Å². The van der Waals surface area contributed by atoms with E-state index in [2.05, 4.69) is 19.2 Å². The van der Waals surface area contributed by atoms with Crippen LogP contribution in [0.3, 0.4) is 0 Å². The Hall–Kier alpha value is -0.310. The first kappa shape index (κ1) is 14.7. The minimum atomic E-state index is -0.238. The zero-order valence-electron chi connectivity index (χ0n) is 10.2. The van der Waals surface area contributed by atoms with E-state index in [1.54, 1.807) is 12.1 Å². The van der Waals surface area contributed by atoms with Crippen LogP contribution in [0, 0.1) is 5.82 Å². The van der Waals surface area contributed by atoms with E-state index in [-0.39, 0.29) is 11.4 Å². The summed E-state index contributed by atoms with van der Waals surface area (Å²) in [5, 5.41) is 3.88. The number of benzene rings is 1. The SMILES string of the molecule is CCC(CC)(CCl)NCc1cc(Cl)ccc1F. The normalized spacial score (nSPS) is 11.8. The second kappa shape index (κ2) is 6.58. The molecule has 0 bridgehead atoms. The third-order valence-electron chi connectivity index (χ3n) is 3.27. The van der Waals surface area contributed by atoms with Crippen molar-refractivity contribution in [3.8, 4) is 0 Å². The molecule has 0 aliphatic rings. The third kappa shape index (κ3) is 3.84. The predicted molar refractivity (Wildman–Crippen MR) is 72.3 cm³/mol. The van der Waals surface area contributed by atoms with Crippen molar-refractivity contribution in [1.82, 2.24) is 5.32 Å². The Morgan fingerprint density at radius 1 is 1.29 bits per heavy atom.